The maximum absolute atomic E-state index is 13.5. The van der Waals surface area contributed by atoms with Gasteiger partial charge in [-0.05, 0) is 35.9 Å². The summed E-state index contributed by atoms with van der Waals surface area (Å²) in [6, 6.07) is 6.14. The number of ether oxygens (including phenoxy) is 3. The number of carbonyl (C=O) groups is 2. The fourth-order valence-electron chi connectivity index (χ4n) is 2.38. The Bertz CT molecular complexity index is 1050. The lowest BCUT2D eigenvalue weighted by molar-refractivity contribution is -0.132. The third-order valence-corrected chi connectivity index (χ3v) is 3.92. The molecule has 2 aromatic carbocycles. The number of aliphatic imine (C=N–C) groups is 1. The number of rotatable bonds is 4. The van der Waals surface area contributed by atoms with E-state index in [4.69, 9.17) is 25.8 Å². The summed E-state index contributed by atoms with van der Waals surface area (Å²) in [7, 11) is 1.39. The molecule has 6 nitrogen and oxygen atoms in total. The summed E-state index contributed by atoms with van der Waals surface area (Å²) < 4.78 is 41.9. The molecule has 1 heterocycles. The minimum atomic E-state index is -1.15. The molecule has 0 atom stereocenters. The lowest BCUT2D eigenvalue weighted by Crippen LogP contribution is -2.07. The van der Waals surface area contributed by atoms with E-state index in [0.717, 1.165) is 12.1 Å². The molecular formula is C19H12ClF2NO5. The smallest absolute Gasteiger partial charge is 0.363 e. The van der Waals surface area contributed by atoms with Gasteiger partial charge in [0.1, 0.15) is 0 Å². The summed E-state index contributed by atoms with van der Waals surface area (Å²) in [6.07, 6.45) is 1.39. The van der Waals surface area contributed by atoms with Crippen molar-refractivity contribution in [2.24, 2.45) is 4.99 Å². The second-order valence-corrected chi connectivity index (χ2v) is 5.99. The van der Waals surface area contributed by atoms with Crippen molar-refractivity contribution in [2.45, 2.75) is 6.92 Å². The predicted molar refractivity (Wildman–Crippen MR) is 96.3 cm³/mol. The molecule has 0 amide bonds. The molecule has 0 saturated heterocycles. The molecule has 3 rings (SSSR count). The number of hydrogen-bond acceptors (Lipinski definition) is 6. The number of nitrogens with zero attached hydrogens (tertiary/aromatic N) is 1. The van der Waals surface area contributed by atoms with Gasteiger partial charge in [-0.1, -0.05) is 17.7 Å². The number of halogens is 3. The SMILES string of the molecule is COc1cc(/C=C2\N=C(c3cc(F)c(F)cc3Cl)OC2=O)ccc1OC(C)=O. The third-order valence-electron chi connectivity index (χ3n) is 3.61. The maximum Gasteiger partial charge on any atom is 0.363 e. The van der Waals surface area contributed by atoms with Crippen LogP contribution in [0.3, 0.4) is 0 Å². The van der Waals surface area contributed by atoms with E-state index in [2.05, 4.69) is 4.99 Å². The molecule has 0 unspecified atom stereocenters. The van der Waals surface area contributed by atoms with Crippen LogP contribution in [-0.4, -0.2) is 24.9 Å². The van der Waals surface area contributed by atoms with Gasteiger partial charge in [0.2, 0.25) is 5.90 Å². The van der Waals surface area contributed by atoms with Crippen LogP contribution in [0.1, 0.15) is 18.1 Å². The van der Waals surface area contributed by atoms with E-state index in [1.165, 1.54) is 32.2 Å². The van der Waals surface area contributed by atoms with E-state index in [0.29, 0.717) is 5.56 Å². The first-order valence-electron chi connectivity index (χ1n) is 7.82. The highest BCUT2D eigenvalue weighted by molar-refractivity contribution is 6.34. The van der Waals surface area contributed by atoms with E-state index in [-0.39, 0.29) is 33.7 Å². The Balaban J connectivity index is 1.96. The van der Waals surface area contributed by atoms with Gasteiger partial charge in [-0.25, -0.2) is 18.6 Å². The van der Waals surface area contributed by atoms with Gasteiger partial charge in [-0.3, -0.25) is 4.79 Å². The molecule has 0 aromatic heterocycles. The van der Waals surface area contributed by atoms with Crippen molar-refractivity contribution < 1.29 is 32.6 Å². The molecule has 0 fully saturated rings. The molecule has 0 saturated carbocycles. The summed E-state index contributed by atoms with van der Waals surface area (Å²) in [5.41, 5.74) is 0.360. The first-order chi connectivity index (χ1) is 13.3. The molecule has 2 aromatic rings. The molecule has 0 spiro atoms. The number of carbonyl (C=O) groups excluding carboxylic acids is 2. The average molecular weight is 408 g/mol. The van der Waals surface area contributed by atoms with E-state index in [1.807, 2.05) is 0 Å². The topological polar surface area (TPSA) is 74.2 Å². The van der Waals surface area contributed by atoms with Crippen molar-refractivity contribution in [1.82, 2.24) is 0 Å². The largest absolute Gasteiger partial charge is 0.493 e. The fraction of sp³-hybridized carbons (Fsp3) is 0.105. The summed E-state index contributed by atoms with van der Waals surface area (Å²) in [5, 5.41) is -0.154. The monoisotopic (exact) mass is 407 g/mol. The lowest BCUT2D eigenvalue weighted by atomic mass is 10.1. The minimum absolute atomic E-state index is 0.0555. The Kier molecular flexibility index (Phi) is 5.41. The number of esters is 2. The zero-order valence-electron chi connectivity index (χ0n) is 14.6. The van der Waals surface area contributed by atoms with E-state index >= 15 is 0 Å². The van der Waals surface area contributed by atoms with Gasteiger partial charge in [-0.15, -0.1) is 0 Å². The van der Waals surface area contributed by atoms with Crippen LogP contribution in [0, 0.1) is 11.6 Å². The van der Waals surface area contributed by atoms with Crippen LogP contribution in [-0.2, 0) is 14.3 Å². The summed E-state index contributed by atoms with van der Waals surface area (Å²) in [5.74, 6) is -3.35. The first-order valence-corrected chi connectivity index (χ1v) is 8.20. The van der Waals surface area contributed by atoms with Gasteiger partial charge in [0.25, 0.3) is 0 Å². The highest BCUT2D eigenvalue weighted by Gasteiger charge is 2.27. The minimum Gasteiger partial charge on any atom is -0.493 e. The van der Waals surface area contributed by atoms with Crippen LogP contribution in [0.5, 0.6) is 11.5 Å². The molecule has 144 valence electrons. The van der Waals surface area contributed by atoms with E-state index < -0.39 is 23.6 Å². The van der Waals surface area contributed by atoms with Crippen LogP contribution >= 0.6 is 11.6 Å². The Labute approximate surface area is 163 Å². The van der Waals surface area contributed by atoms with E-state index in [9.17, 15) is 18.4 Å². The molecule has 0 N–H and O–H groups in total. The molecule has 9 heteroatoms. The maximum atomic E-state index is 13.5. The first kappa shape index (κ1) is 19.5. The van der Waals surface area contributed by atoms with Crippen molar-refractivity contribution in [3.8, 4) is 11.5 Å². The molecule has 0 bridgehead atoms. The Morgan fingerprint density at radius 3 is 2.57 bits per heavy atom. The predicted octanol–water partition coefficient (Wildman–Crippen LogP) is 3.90. The molecule has 0 radical (unpaired) electrons. The average Bonchev–Trinajstić information content (AvgIpc) is 2.99. The summed E-state index contributed by atoms with van der Waals surface area (Å²) >= 11 is 5.88. The van der Waals surface area contributed by atoms with Gasteiger partial charge in [-0.2, -0.15) is 0 Å². The van der Waals surface area contributed by atoms with E-state index in [1.54, 1.807) is 6.07 Å². The number of benzene rings is 2. The van der Waals surface area contributed by atoms with Crippen molar-refractivity contribution in [2.75, 3.05) is 7.11 Å². The molecule has 0 aliphatic carbocycles. The van der Waals surface area contributed by atoms with Gasteiger partial charge in [0.05, 0.1) is 17.7 Å². The zero-order valence-corrected chi connectivity index (χ0v) is 15.3. The van der Waals surface area contributed by atoms with Crippen molar-refractivity contribution in [3.63, 3.8) is 0 Å². The van der Waals surface area contributed by atoms with Crippen molar-refractivity contribution in [1.29, 1.82) is 0 Å². The van der Waals surface area contributed by atoms with Gasteiger partial charge in [0, 0.05) is 6.92 Å². The molecular weight excluding hydrogens is 396 g/mol. The Hall–Kier alpha value is -3.26. The van der Waals surface area contributed by atoms with Crippen LogP contribution in [0.15, 0.2) is 41.0 Å². The van der Waals surface area contributed by atoms with Crippen LogP contribution < -0.4 is 9.47 Å². The van der Waals surface area contributed by atoms with Crippen LogP contribution in [0.4, 0.5) is 8.78 Å². The number of methoxy groups -OCH3 is 1. The second kappa shape index (κ2) is 7.77. The normalized spacial score (nSPS) is 14.7. The van der Waals surface area contributed by atoms with Gasteiger partial charge < -0.3 is 14.2 Å². The zero-order chi connectivity index (χ0) is 20.4. The fourth-order valence-corrected chi connectivity index (χ4v) is 2.61. The quantitative estimate of drug-likeness (QED) is 0.332. The summed E-state index contributed by atoms with van der Waals surface area (Å²) in [4.78, 5) is 27.2. The third kappa shape index (κ3) is 4.01. The lowest BCUT2D eigenvalue weighted by Gasteiger charge is -2.08. The second-order valence-electron chi connectivity index (χ2n) is 5.59. The Morgan fingerprint density at radius 2 is 1.89 bits per heavy atom. The molecule has 1 aliphatic rings. The number of cyclic esters (lactones) is 1. The van der Waals surface area contributed by atoms with Crippen molar-refractivity contribution >= 4 is 35.5 Å². The number of hydrogen-bond donors (Lipinski definition) is 0. The highest BCUT2D eigenvalue weighted by Crippen LogP contribution is 2.30. The summed E-state index contributed by atoms with van der Waals surface area (Å²) in [6.45, 7) is 1.25. The van der Waals surface area contributed by atoms with Gasteiger partial charge in [0.15, 0.2) is 28.8 Å². The van der Waals surface area contributed by atoms with Crippen molar-refractivity contribution in [3.05, 3.63) is 63.8 Å². The highest BCUT2D eigenvalue weighted by atomic mass is 35.5. The van der Waals surface area contributed by atoms with Crippen LogP contribution in [0.25, 0.3) is 6.08 Å². The van der Waals surface area contributed by atoms with Gasteiger partial charge >= 0.3 is 11.9 Å². The molecule has 28 heavy (non-hydrogen) atoms. The Morgan fingerprint density at radius 1 is 1.18 bits per heavy atom. The standard InChI is InChI=1S/C19H12ClF2NO5/c1-9(24)27-16-4-3-10(6-17(16)26-2)5-15-19(25)28-18(23-15)11-7-13(21)14(22)8-12(11)20/h3-8H,1-2H3/b15-5-. The van der Waals surface area contributed by atoms with Crippen LogP contribution in [0.2, 0.25) is 5.02 Å². The molecule has 1 aliphatic heterocycles.